The molecule has 0 unspecified atom stereocenters. The Morgan fingerprint density at radius 3 is 2.43 bits per heavy atom. The van der Waals surface area contributed by atoms with Gasteiger partial charge in [-0.25, -0.2) is 8.42 Å². The normalized spacial score (nSPS) is 13.0. The maximum atomic E-state index is 12.1. The predicted octanol–water partition coefficient (Wildman–Crippen LogP) is 2.67. The molecule has 0 amide bonds. The third-order valence-electron chi connectivity index (χ3n) is 3.53. The van der Waals surface area contributed by atoms with E-state index in [-0.39, 0.29) is 5.75 Å². The molecule has 0 aliphatic rings. The van der Waals surface area contributed by atoms with E-state index < -0.39 is 14.6 Å². The van der Waals surface area contributed by atoms with Crippen LogP contribution in [-0.2, 0) is 16.4 Å². The topological polar surface area (TPSA) is 61.8 Å². The molecule has 0 fully saturated rings. The second-order valence-electron chi connectivity index (χ2n) is 6.35. The highest BCUT2D eigenvalue weighted by Crippen LogP contribution is 2.17. The van der Waals surface area contributed by atoms with Gasteiger partial charge in [0.15, 0.2) is 15.8 Å². The number of guanidine groups is 1. The van der Waals surface area contributed by atoms with Gasteiger partial charge in [-0.3, -0.25) is 4.99 Å². The van der Waals surface area contributed by atoms with Crippen LogP contribution in [0.25, 0.3) is 0 Å². The summed E-state index contributed by atoms with van der Waals surface area (Å²) in [7, 11) is 0.479. The molecule has 1 N–H and O–H groups in total. The first-order valence-electron chi connectivity index (χ1n) is 7.46. The molecule has 0 aliphatic heterocycles. The monoisotopic (exact) mass is 403 g/mol. The van der Waals surface area contributed by atoms with E-state index in [4.69, 9.17) is 0 Å². The zero-order valence-electron chi connectivity index (χ0n) is 14.4. The largest absolute Gasteiger partial charge is 0.355 e. The van der Waals surface area contributed by atoms with Crippen molar-refractivity contribution in [2.75, 3.05) is 26.4 Å². The summed E-state index contributed by atoms with van der Waals surface area (Å²) in [5, 5.41) is 3.12. The summed E-state index contributed by atoms with van der Waals surface area (Å²) < 4.78 is 24.6. The van der Waals surface area contributed by atoms with Gasteiger partial charge in [-0.1, -0.05) is 34.1 Å². The third-order valence-corrected chi connectivity index (χ3v) is 6.91. The highest BCUT2D eigenvalue weighted by Gasteiger charge is 2.28. The molecule has 0 radical (unpaired) electrons. The van der Waals surface area contributed by atoms with Crippen LogP contribution < -0.4 is 5.32 Å². The van der Waals surface area contributed by atoms with Crippen molar-refractivity contribution in [3.8, 4) is 0 Å². The van der Waals surface area contributed by atoms with Crippen molar-refractivity contribution in [2.45, 2.75) is 32.1 Å². The van der Waals surface area contributed by atoms with Crippen LogP contribution >= 0.6 is 15.9 Å². The zero-order valence-corrected chi connectivity index (χ0v) is 16.8. The van der Waals surface area contributed by atoms with Gasteiger partial charge in [0.25, 0.3) is 0 Å². The number of rotatable bonds is 5. The first-order chi connectivity index (χ1) is 10.6. The average molecular weight is 404 g/mol. The van der Waals surface area contributed by atoms with Crippen molar-refractivity contribution in [3.05, 3.63) is 34.3 Å². The fourth-order valence-electron chi connectivity index (χ4n) is 1.95. The molecule has 1 rings (SSSR count). The van der Waals surface area contributed by atoms with E-state index in [2.05, 4.69) is 26.2 Å². The predicted molar refractivity (Wildman–Crippen MR) is 101 cm³/mol. The first-order valence-corrected chi connectivity index (χ1v) is 9.90. The van der Waals surface area contributed by atoms with Crippen molar-refractivity contribution in [1.29, 1.82) is 0 Å². The van der Waals surface area contributed by atoms with Gasteiger partial charge < -0.3 is 10.2 Å². The summed E-state index contributed by atoms with van der Waals surface area (Å²) in [6, 6.07) is 7.99. The number of nitrogens with zero attached hydrogens (tertiary/aromatic N) is 2. The summed E-state index contributed by atoms with van der Waals surface area (Å²) in [5.74, 6) is 0.753. The molecular formula is C16H26BrN3O2S. The highest BCUT2D eigenvalue weighted by molar-refractivity contribution is 9.10. The minimum atomic E-state index is -3.14. The average Bonchev–Trinajstić information content (AvgIpc) is 2.44. The quantitative estimate of drug-likeness (QED) is 0.606. The molecule has 0 bridgehead atoms. The number of hydrogen-bond donors (Lipinski definition) is 1. The Morgan fingerprint density at radius 1 is 1.30 bits per heavy atom. The Kier molecular flexibility index (Phi) is 7.07. The van der Waals surface area contributed by atoms with Crippen LogP contribution in [0, 0.1) is 0 Å². The lowest BCUT2D eigenvalue weighted by Crippen LogP contribution is -2.42. The van der Waals surface area contributed by atoms with Crippen LogP contribution in [0.4, 0.5) is 0 Å². The maximum Gasteiger partial charge on any atom is 0.193 e. The number of hydrogen-bond acceptors (Lipinski definition) is 3. The molecule has 130 valence electrons. The summed E-state index contributed by atoms with van der Waals surface area (Å²) in [6.45, 7) is 6.17. The second-order valence-corrected chi connectivity index (χ2v) is 10.1. The molecule has 7 heteroatoms. The molecule has 0 heterocycles. The fraction of sp³-hybridized carbons (Fsp3) is 0.562. The molecule has 0 spiro atoms. The van der Waals surface area contributed by atoms with E-state index in [1.807, 2.05) is 36.2 Å². The lowest BCUT2D eigenvalue weighted by Gasteiger charge is -2.24. The zero-order chi connectivity index (χ0) is 17.7. The molecule has 0 aliphatic carbocycles. The van der Waals surface area contributed by atoms with Gasteiger partial charge in [-0.05, 0) is 32.4 Å². The van der Waals surface area contributed by atoms with Gasteiger partial charge in [-0.2, -0.15) is 0 Å². The fourth-order valence-corrected chi connectivity index (χ4v) is 3.34. The van der Waals surface area contributed by atoms with E-state index in [1.54, 1.807) is 27.8 Å². The number of nitrogens with one attached hydrogen (secondary N) is 1. The smallest absolute Gasteiger partial charge is 0.193 e. The number of aliphatic imine (C=N–C) groups is 1. The molecular weight excluding hydrogens is 378 g/mol. The molecule has 0 saturated heterocycles. The van der Waals surface area contributed by atoms with Gasteiger partial charge in [0.05, 0.1) is 10.5 Å². The van der Waals surface area contributed by atoms with Crippen molar-refractivity contribution < 1.29 is 8.42 Å². The SMILES string of the molecule is CN=C(NCCS(=O)(=O)C(C)(C)C)N(C)Cc1ccccc1Br. The molecule has 0 saturated carbocycles. The van der Waals surface area contributed by atoms with Crippen LogP contribution in [0.15, 0.2) is 33.7 Å². The van der Waals surface area contributed by atoms with Crippen LogP contribution in [0.2, 0.25) is 0 Å². The van der Waals surface area contributed by atoms with Crippen molar-refractivity contribution >= 4 is 31.7 Å². The summed E-state index contributed by atoms with van der Waals surface area (Å²) in [5.41, 5.74) is 1.14. The van der Waals surface area contributed by atoms with Crippen LogP contribution in [0.1, 0.15) is 26.3 Å². The Morgan fingerprint density at radius 2 is 1.91 bits per heavy atom. The molecule has 23 heavy (non-hydrogen) atoms. The second kappa shape index (κ2) is 8.15. The van der Waals surface area contributed by atoms with Gasteiger partial charge >= 0.3 is 0 Å². The van der Waals surface area contributed by atoms with Crippen molar-refractivity contribution in [1.82, 2.24) is 10.2 Å². The van der Waals surface area contributed by atoms with Gasteiger partial charge in [-0.15, -0.1) is 0 Å². The standard InChI is InChI=1S/C16H26BrN3O2S/c1-16(2,3)23(21,22)11-10-19-15(18-4)20(5)12-13-8-6-7-9-14(13)17/h6-9H,10-12H2,1-5H3,(H,18,19). The minimum absolute atomic E-state index is 0.0817. The van der Waals surface area contributed by atoms with Crippen LogP contribution in [0.3, 0.4) is 0 Å². The number of benzene rings is 1. The summed E-state index contributed by atoms with van der Waals surface area (Å²) >= 11 is 3.53. The first kappa shape index (κ1) is 20.0. The minimum Gasteiger partial charge on any atom is -0.355 e. The Balaban J connectivity index is 2.63. The van der Waals surface area contributed by atoms with Crippen LogP contribution in [-0.4, -0.2) is 50.4 Å². The molecule has 5 nitrogen and oxygen atoms in total. The van der Waals surface area contributed by atoms with E-state index in [0.717, 1.165) is 10.0 Å². The lowest BCUT2D eigenvalue weighted by atomic mass is 10.2. The van der Waals surface area contributed by atoms with Crippen molar-refractivity contribution in [2.24, 2.45) is 4.99 Å². The Bertz CT molecular complexity index is 652. The molecule has 1 aromatic carbocycles. The lowest BCUT2D eigenvalue weighted by molar-refractivity contribution is 0.477. The highest BCUT2D eigenvalue weighted by atomic mass is 79.9. The van der Waals surface area contributed by atoms with Gasteiger partial charge in [0, 0.05) is 31.7 Å². The van der Waals surface area contributed by atoms with E-state index >= 15 is 0 Å². The van der Waals surface area contributed by atoms with Gasteiger partial charge in [0.2, 0.25) is 0 Å². The Labute approximate surface area is 148 Å². The van der Waals surface area contributed by atoms with Gasteiger partial charge in [0.1, 0.15) is 0 Å². The van der Waals surface area contributed by atoms with E-state index in [0.29, 0.717) is 19.0 Å². The van der Waals surface area contributed by atoms with E-state index in [1.165, 1.54) is 0 Å². The third kappa shape index (κ3) is 5.80. The molecule has 0 aromatic heterocycles. The summed E-state index contributed by atoms with van der Waals surface area (Å²) in [4.78, 5) is 6.18. The summed E-state index contributed by atoms with van der Waals surface area (Å²) in [6.07, 6.45) is 0. The van der Waals surface area contributed by atoms with E-state index in [9.17, 15) is 8.42 Å². The number of sulfone groups is 1. The van der Waals surface area contributed by atoms with Crippen molar-refractivity contribution in [3.63, 3.8) is 0 Å². The molecule has 0 atom stereocenters. The van der Waals surface area contributed by atoms with Crippen LogP contribution in [0.5, 0.6) is 0 Å². The molecule has 1 aromatic rings. The number of halogens is 1. The Hall–Kier alpha value is -1.08. The maximum absolute atomic E-state index is 12.1.